The van der Waals surface area contributed by atoms with Crippen LogP contribution < -0.4 is 9.47 Å². The van der Waals surface area contributed by atoms with E-state index in [1.54, 1.807) is 48.5 Å². The average molecular weight is 527 g/mol. The first kappa shape index (κ1) is 27.5. The van der Waals surface area contributed by atoms with E-state index in [0.29, 0.717) is 22.6 Å². The Morgan fingerprint density at radius 3 is 1.72 bits per heavy atom. The number of benzene rings is 2. The summed E-state index contributed by atoms with van der Waals surface area (Å²) in [5.74, 6) is 1.22. The highest BCUT2D eigenvalue weighted by atomic mass is 32.2. The van der Waals surface area contributed by atoms with Gasteiger partial charge >= 0.3 is 6.18 Å². The number of aryl methyl sites for hydroxylation is 1. The Bertz CT molecular complexity index is 1210. The Morgan fingerprint density at radius 1 is 0.917 bits per heavy atom. The number of hydrogen-bond donors (Lipinski definition) is 0. The first-order valence-electron chi connectivity index (χ1n) is 10.9. The van der Waals surface area contributed by atoms with E-state index in [2.05, 4.69) is 5.10 Å². The normalized spacial score (nSPS) is 13.3. The number of halogens is 3. The molecule has 1 unspecified atom stereocenters. The molecule has 0 aliphatic carbocycles. The van der Waals surface area contributed by atoms with Crippen LogP contribution in [0.2, 0.25) is 0 Å². The minimum atomic E-state index is -4.62. The summed E-state index contributed by atoms with van der Waals surface area (Å²) in [6.07, 6.45) is -4.62. The maximum atomic E-state index is 13.7. The van der Waals surface area contributed by atoms with Gasteiger partial charge in [0.05, 0.1) is 19.9 Å². The van der Waals surface area contributed by atoms with Gasteiger partial charge in [-0.3, -0.25) is 9.58 Å². The second-order valence-electron chi connectivity index (χ2n) is 8.41. The topological polar surface area (TPSA) is 76.9 Å². The molecule has 12 heteroatoms. The molecule has 1 heterocycles. The van der Waals surface area contributed by atoms with Gasteiger partial charge in [-0.15, -0.1) is 0 Å². The van der Waals surface area contributed by atoms with Crippen LogP contribution in [0, 0.1) is 0 Å². The summed E-state index contributed by atoms with van der Waals surface area (Å²) in [6.45, 7) is -0.0543. The Morgan fingerprint density at radius 2 is 1.36 bits per heavy atom. The minimum absolute atomic E-state index is 0.0271. The molecule has 0 aliphatic heterocycles. The van der Waals surface area contributed by atoms with Gasteiger partial charge in [-0.25, -0.2) is 8.42 Å². The van der Waals surface area contributed by atoms with E-state index in [1.807, 2.05) is 0 Å². The zero-order valence-electron chi connectivity index (χ0n) is 20.7. The van der Waals surface area contributed by atoms with Crippen molar-refractivity contribution in [1.82, 2.24) is 19.0 Å². The van der Waals surface area contributed by atoms with Gasteiger partial charge in [0.2, 0.25) is 0 Å². The van der Waals surface area contributed by atoms with Gasteiger partial charge in [0.25, 0.3) is 10.0 Å². The summed E-state index contributed by atoms with van der Waals surface area (Å²) >= 11 is 0. The van der Waals surface area contributed by atoms with Crippen molar-refractivity contribution in [3.63, 3.8) is 0 Å². The zero-order valence-corrected chi connectivity index (χ0v) is 21.5. The SMILES string of the molecule is COc1ccc(CN(Cc2ccc(OC)cc2)S(=O)(=O)c2cc(C(N(C)C)C(F)(F)F)n(C)n2)cc1. The molecule has 0 bridgehead atoms. The number of aromatic nitrogens is 2. The Hall–Kier alpha value is -3.09. The fraction of sp³-hybridized carbons (Fsp3) is 0.375. The van der Waals surface area contributed by atoms with Crippen LogP contribution in [-0.4, -0.2) is 61.9 Å². The first-order valence-corrected chi connectivity index (χ1v) is 12.3. The highest BCUT2D eigenvalue weighted by molar-refractivity contribution is 7.89. The molecule has 8 nitrogen and oxygen atoms in total. The molecule has 0 N–H and O–H groups in total. The van der Waals surface area contributed by atoms with Gasteiger partial charge in [-0.2, -0.15) is 22.6 Å². The number of hydrogen-bond acceptors (Lipinski definition) is 6. The van der Waals surface area contributed by atoms with E-state index in [4.69, 9.17) is 9.47 Å². The number of nitrogens with zero attached hydrogens (tertiary/aromatic N) is 4. The predicted molar refractivity (Wildman–Crippen MR) is 128 cm³/mol. The van der Waals surface area contributed by atoms with Crippen molar-refractivity contribution in [2.45, 2.75) is 30.3 Å². The molecule has 3 aromatic rings. The average Bonchev–Trinajstić information content (AvgIpc) is 3.20. The molecule has 196 valence electrons. The molecule has 2 aromatic carbocycles. The first-order chi connectivity index (χ1) is 16.9. The maximum Gasteiger partial charge on any atom is 0.409 e. The van der Waals surface area contributed by atoms with Gasteiger partial charge in [-0.05, 0) is 49.5 Å². The van der Waals surface area contributed by atoms with Gasteiger partial charge < -0.3 is 9.47 Å². The third-order valence-electron chi connectivity index (χ3n) is 5.64. The molecule has 36 heavy (non-hydrogen) atoms. The van der Waals surface area contributed by atoms with Crippen LogP contribution >= 0.6 is 0 Å². The molecule has 0 fully saturated rings. The molecule has 0 spiro atoms. The molecule has 0 saturated carbocycles. The third-order valence-corrected chi connectivity index (χ3v) is 7.31. The van der Waals surface area contributed by atoms with E-state index in [1.165, 1.54) is 39.7 Å². The fourth-order valence-electron chi connectivity index (χ4n) is 3.79. The van der Waals surface area contributed by atoms with E-state index < -0.39 is 27.3 Å². The molecule has 3 rings (SSSR count). The van der Waals surface area contributed by atoms with Crippen molar-refractivity contribution < 1.29 is 31.1 Å². The lowest BCUT2D eigenvalue weighted by Crippen LogP contribution is -2.34. The quantitative estimate of drug-likeness (QED) is 0.398. The predicted octanol–water partition coefficient (Wildman–Crippen LogP) is 3.99. The summed E-state index contributed by atoms with van der Waals surface area (Å²) < 4.78 is 81.1. The standard InChI is InChI=1S/C24H29F3N4O4S/c1-29(2)23(24(25,26)27)21-14-22(28-30(21)3)36(32,33)31(15-17-6-10-19(34-4)11-7-17)16-18-8-12-20(35-5)13-9-18/h6-14,23H,15-16H2,1-5H3. The largest absolute Gasteiger partial charge is 0.497 e. The van der Waals surface area contributed by atoms with Crippen molar-refractivity contribution in [1.29, 1.82) is 0 Å². The molecular formula is C24H29F3N4O4S. The fourth-order valence-corrected chi connectivity index (χ4v) is 5.19. The summed E-state index contributed by atoms with van der Waals surface area (Å²) in [7, 11) is 2.62. The number of alkyl halides is 3. The van der Waals surface area contributed by atoms with E-state index >= 15 is 0 Å². The zero-order chi connectivity index (χ0) is 26.7. The Balaban J connectivity index is 2.02. The summed E-state index contributed by atoms with van der Waals surface area (Å²) in [6, 6.07) is 12.7. The van der Waals surface area contributed by atoms with Crippen molar-refractivity contribution in [3.05, 3.63) is 71.4 Å². The molecule has 1 aromatic heterocycles. The van der Waals surface area contributed by atoms with Gasteiger partial charge in [-0.1, -0.05) is 24.3 Å². The van der Waals surface area contributed by atoms with Crippen LogP contribution in [0.15, 0.2) is 59.6 Å². The van der Waals surface area contributed by atoms with Crippen LogP contribution in [0.25, 0.3) is 0 Å². The van der Waals surface area contributed by atoms with Gasteiger partial charge in [0.1, 0.15) is 17.5 Å². The number of methoxy groups -OCH3 is 2. The van der Waals surface area contributed by atoms with Crippen LogP contribution in [0.4, 0.5) is 13.2 Å². The minimum Gasteiger partial charge on any atom is -0.497 e. The Labute approximate surface area is 208 Å². The molecule has 0 radical (unpaired) electrons. The van der Waals surface area contributed by atoms with Crippen molar-refractivity contribution in [2.75, 3.05) is 28.3 Å². The van der Waals surface area contributed by atoms with Crippen molar-refractivity contribution >= 4 is 10.0 Å². The van der Waals surface area contributed by atoms with Crippen LogP contribution in [-0.2, 0) is 30.2 Å². The molecular weight excluding hydrogens is 497 g/mol. The highest BCUT2D eigenvalue weighted by Gasteiger charge is 2.45. The smallest absolute Gasteiger partial charge is 0.409 e. The monoisotopic (exact) mass is 526 g/mol. The van der Waals surface area contributed by atoms with Gasteiger partial charge in [0.15, 0.2) is 5.03 Å². The molecule has 0 saturated heterocycles. The second-order valence-corrected chi connectivity index (χ2v) is 10.3. The maximum absolute atomic E-state index is 13.7. The van der Waals surface area contributed by atoms with E-state index in [-0.39, 0.29) is 18.8 Å². The van der Waals surface area contributed by atoms with Crippen LogP contribution in [0.1, 0.15) is 22.9 Å². The lowest BCUT2D eigenvalue weighted by Gasteiger charge is -2.26. The van der Waals surface area contributed by atoms with E-state index in [9.17, 15) is 21.6 Å². The third kappa shape index (κ3) is 6.18. The molecule has 0 amide bonds. The molecule has 0 aliphatic rings. The molecule has 1 atom stereocenters. The van der Waals surface area contributed by atoms with E-state index in [0.717, 1.165) is 15.6 Å². The number of rotatable bonds is 10. The van der Waals surface area contributed by atoms with Crippen LogP contribution in [0.3, 0.4) is 0 Å². The number of sulfonamides is 1. The Kier molecular flexibility index (Phi) is 8.32. The second kappa shape index (κ2) is 10.9. The van der Waals surface area contributed by atoms with Crippen LogP contribution in [0.5, 0.6) is 11.5 Å². The summed E-state index contributed by atoms with van der Waals surface area (Å²) in [5, 5.41) is 3.52. The summed E-state index contributed by atoms with van der Waals surface area (Å²) in [4.78, 5) is 0.972. The van der Waals surface area contributed by atoms with Gasteiger partial charge in [0, 0.05) is 26.2 Å². The number of ether oxygens (including phenoxy) is 2. The lowest BCUT2D eigenvalue weighted by molar-refractivity contribution is -0.181. The van der Waals surface area contributed by atoms with Crippen molar-refractivity contribution in [3.8, 4) is 11.5 Å². The lowest BCUT2D eigenvalue weighted by atomic mass is 10.2. The van der Waals surface area contributed by atoms with Crippen molar-refractivity contribution in [2.24, 2.45) is 7.05 Å². The highest BCUT2D eigenvalue weighted by Crippen LogP contribution is 2.37. The summed E-state index contributed by atoms with van der Waals surface area (Å²) in [5.41, 5.74) is 1.07.